The topological polar surface area (TPSA) is 79.3 Å². The van der Waals surface area contributed by atoms with E-state index in [-0.39, 0.29) is 11.1 Å². The Kier molecular flexibility index (Phi) is 5.44. The Hall–Kier alpha value is -2.28. The molecule has 1 heterocycles. The van der Waals surface area contributed by atoms with Crippen molar-refractivity contribution in [2.24, 2.45) is 0 Å². The molecule has 23 heavy (non-hydrogen) atoms. The van der Waals surface area contributed by atoms with Crippen LogP contribution in [0.25, 0.3) is 0 Å². The van der Waals surface area contributed by atoms with Crippen molar-refractivity contribution in [1.29, 1.82) is 0 Å². The van der Waals surface area contributed by atoms with E-state index in [4.69, 9.17) is 5.11 Å². The molecular formula is C16H17FN2O3S. The number of rotatable bonds is 6. The summed E-state index contributed by atoms with van der Waals surface area (Å²) in [7, 11) is 0. The van der Waals surface area contributed by atoms with Gasteiger partial charge in [0, 0.05) is 24.3 Å². The van der Waals surface area contributed by atoms with Crippen LogP contribution >= 0.6 is 11.3 Å². The molecule has 122 valence electrons. The van der Waals surface area contributed by atoms with Gasteiger partial charge in [0.05, 0.1) is 21.8 Å². The molecule has 0 radical (unpaired) electrons. The van der Waals surface area contributed by atoms with Gasteiger partial charge < -0.3 is 10.4 Å². The second-order valence-corrected chi connectivity index (χ2v) is 6.23. The lowest BCUT2D eigenvalue weighted by Crippen LogP contribution is -2.26. The normalized spacial score (nSPS) is 10.8. The van der Waals surface area contributed by atoms with Crippen LogP contribution in [0.5, 0.6) is 0 Å². The Labute approximate surface area is 137 Å². The molecular weight excluding hydrogens is 319 g/mol. The Morgan fingerprint density at radius 1 is 1.39 bits per heavy atom. The molecule has 0 aliphatic carbocycles. The van der Waals surface area contributed by atoms with Crippen molar-refractivity contribution in [3.63, 3.8) is 0 Å². The average molecular weight is 336 g/mol. The summed E-state index contributed by atoms with van der Waals surface area (Å²) in [4.78, 5) is 27.1. The summed E-state index contributed by atoms with van der Waals surface area (Å²) >= 11 is 1.58. The number of thiazole rings is 1. The molecule has 0 aliphatic heterocycles. The lowest BCUT2D eigenvalue weighted by Gasteiger charge is -2.06. The van der Waals surface area contributed by atoms with E-state index in [0.717, 1.165) is 16.8 Å². The third-order valence-corrected chi connectivity index (χ3v) is 4.38. The predicted octanol–water partition coefficient (Wildman–Crippen LogP) is 3.08. The number of benzene rings is 1. The molecule has 2 rings (SSSR count). The number of hydrogen-bond acceptors (Lipinski definition) is 4. The second kappa shape index (κ2) is 7.32. The second-order valence-electron chi connectivity index (χ2n) is 5.34. The number of halogens is 1. The number of aromatic nitrogens is 1. The zero-order valence-corrected chi connectivity index (χ0v) is 13.6. The molecule has 0 saturated heterocycles. The van der Waals surface area contributed by atoms with Crippen LogP contribution in [0.4, 0.5) is 4.39 Å². The standard InChI is InChI=1S/C16H17FN2O3S/c1-9(2)15-19-11(8-23-15)5-6-18-14(20)12-4-3-10(16(21)22)7-13(12)17/h3-4,7-9H,5-6H2,1-2H3,(H,18,20)(H,21,22). The molecule has 0 saturated carbocycles. The number of carbonyl (C=O) groups excluding carboxylic acids is 1. The fourth-order valence-corrected chi connectivity index (χ4v) is 2.80. The van der Waals surface area contributed by atoms with E-state index < -0.39 is 17.7 Å². The SMILES string of the molecule is CC(C)c1nc(CCNC(=O)c2ccc(C(=O)O)cc2F)cs1. The minimum atomic E-state index is -1.24. The zero-order chi connectivity index (χ0) is 17.0. The highest BCUT2D eigenvalue weighted by atomic mass is 32.1. The number of aromatic carboxylic acids is 1. The third kappa shape index (κ3) is 4.35. The fraction of sp³-hybridized carbons (Fsp3) is 0.312. The maximum absolute atomic E-state index is 13.8. The highest BCUT2D eigenvalue weighted by molar-refractivity contribution is 7.09. The molecule has 0 aliphatic rings. The van der Waals surface area contributed by atoms with Gasteiger partial charge in [0.1, 0.15) is 5.82 Å². The molecule has 1 aromatic heterocycles. The zero-order valence-electron chi connectivity index (χ0n) is 12.8. The Balaban J connectivity index is 1.93. The van der Waals surface area contributed by atoms with Gasteiger partial charge in [-0.1, -0.05) is 13.8 Å². The van der Waals surface area contributed by atoms with E-state index in [1.54, 1.807) is 11.3 Å². The summed E-state index contributed by atoms with van der Waals surface area (Å²) in [6.07, 6.45) is 0.559. The van der Waals surface area contributed by atoms with Gasteiger partial charge >= 0.3 is 5.97 Å². The summed E-state index contributed by atoms with van der Waals surface area (Å²) in [5.41, 5.74) is 0.527. The van der Waals surface area contributed by atoms with Crippen LogP contribution in [0.3, 0.4) is 0 Å². The number of amides is 1. The predicted molar refractivity (Wildman–Crippen MR) is 85.6 cm³/mol. The van der Waals surface area contributed by atoms with Crippen molar-refractivity contribution in [1.82, 2.24) is 10.3 Å². The fourth-order valence-electron chi connectivity index (χ4n) is 1.93. The van der Waals surface area contributed by atoms with Crippen LogP contribution < -0.4 is 5.32 Å². The molecule has 7 heteroatoms. The van der Waals surface area contributed by atoms with E-state index in [1.807, 2.05) is 5.38 Å². The molecule has 0 unspecified atom stereocenters. The molecule has 0 bridgehead atoms. The first-order valence-electron chi connectivity index (χ1n) is 7.14. The summed E-state index contributed by atoms with van der Waals surface area (Å²) in [6.45, 7) is 4.46. The van der Waals surface area contributed by atoms with Crippen LogP contribution in [0.15, 0.2) is 23.6 Å². The van der Waals surface area contributed by atoms with Crippen molar-refractivity contribution >= 4 is 23.2 Å². The number of nitrogens with zero attached hydrogens (tertiary/aromatic N) is 1. The third-order valence-electron chi connectivity index (χ3n) is 3.19. The number of hydrogen-bond donors (Lipinski definition) is 2. The average Bonchev–Trinajstić information content (AvgIpc) is 2.96. The first-order chi connectivity index (χ1) is 10.9. The summed E-state index contributed by atoms with van der Waals surface area (Å²) < 4.78 is 13.8. The van der Waals surface area contributed by atoms with Gasteiger partial charge in [0.25, 0.3) is 5.91 Å². The van der Waals surface area contributed by atoms with Gasteiger partial charge in [-0.15, -0.1) is 11.3 Å². The summed E-state index contributed by atoms with van der Waals surface area (Å²) in [6, 6.07) is 3.22. The van der Waals surface area contributed by atoms with E-state index in [9.17, 15) is 14.0 Å². The van der Waals surface area contributed by atoms with Crippen molar-refractivity contribution in [3.05, 3.63) is 51.2 Å². The van der Waals surface area contributed by atoms with Crippen LogP contribution in [0.1, 0.15) is 51.2 Å². The largest absolute Gasteiger partial charge is 0.478 e. The van der Waals surface area contributed by atoms with E-state index in [0.29, 0.717) is 18.9 Å². The molecule has 0 spiro atoms. The Morgan fingerprint density at radius 2 is 2.13 bits per heavy atom. The summed E-state index contributed by atoms with van der Waals surface area (Å²) in [5.74, 6) is -2.29. The van der Waals surface area contributed by atoms with Crippen molar-refractivity contribution in [2.75, 3.05) is 6.54 Å². The molecule has 2 aromatic rings. The minimum absolute atomic E-state index is 0.170. The molecule has 1 amide bonds. The van der Waals surface area contributed by atoms with Gasteiger partial charge in [-0.3, -0.25) is 4.79 Å². The van der Waals surface area contributed by atoms with Crippen molar-refractivity contribution in [2.45, 2.75) is 26.2 Å². The van der Waals surface area contributed by atoms with Gasteiger partial charge in [0.15, 0.2) is 0 Å². The number of carboxylic acid groups (broad SMARTS) is 1. The lowest BCUT2D eigenvalue weighted by atomic mass is 10.1. The minimum Gasteiger partial charge on any atom is -0.478 e. The summed E-state index contributed by atoms with van der Waals surface area (Å²) in [5, 5.41) is 14.4. The number of nitrogens with one attached hydrogen (secondary N) is 1. The Morgan fingerprint density at radius 3 is 2.70 bits per heavy atom. The lowest BCUT2D eigenvalue weighted by molar-refractivity contribution is 0.0695. The maximum atomic E-state index is 13.8. The van der Waals surface area contributed by atoms with Crippen LogP contribution in [-0.2, 0) is 6.42 Å². The molecule has 5 nitrogen and oxygen atoms in total. The highest BCUT2D eigenvalue weighted by Gasteiger charge is 2.14. The number of carbonyl (C=O) groups is 2. The number of carboxylic acids is 1. The molecule has 0 atom stereocenters. The van der Waals surface area contributed by atoms with E-state index >= 15 is 0 Å². The molecule has 2 N–H and O–H groups in total. The first-order valence-corrected chi connectivity index (χ1v) is 8.01. The highest BCUT2D eigenvalue weighted by Crippen LogP contribution is 2.19. The van der Waals surface area contributed by atoms with E-state index in [2.05, 4.69) is 24.1 Å². The van der Waals surface area contributed by atoms with Gasteiger partial charge in [-0.2, -0.15) is 0 Å². The Bertz CT molecular complexity index is 728. The van der Waals surface area contributed by atoms with Crippen LogP contribution in [-0.4, -0.2) is 28.5 Å². The maximum Gasteiger partial charge on any atom is 0.335 e. The van der Waals surface area contributed by atoms with Crippen molar-refractivity contribution < 1.29 is 19.1 Å². The smallest absolute Gasteiger partial charge is 0.335 e. The quantitative estimate of drug-likeness (QED) is 0.849. The first kappa shape index (κ1) is 17.1. The van der Waals surface area contributed by atoms with E-state index in [1.165, 1.54) is 12.1 Å². The van der Waals surface area contributed by atoms with Gasteiger partial charge in [0.2, 0.25) is 0 Å². The molecule has 1 aromatic carbocycles. The van der Waals surface area contributed by atoms with Crippen LogP contribution in [0.2, 0.25) is 0 Å². The van der Waals surface area contributed by atoms with Gasteiger partial charge in [-0.05, 0) is 18.2 Å². The van der Waals surface area contributed by atoms with Crippen LogP contribution in [0, 0.1) is 5.82 Å². The monoisotopic (exact) mass is 336 g/mol. The molecule has 0 fully saturated rings. The van der Waals surface area contributed by atoms with Crippen molar-refractivity contribution in [3.8, 4) is 0 Å². The van der Waals surface area contributed by atoms with Gasteiger partial charge in [-0.25, -0.2) is 14.2 Å².